The maximum absolute atomic E-state index is 13.5. The highest BCUT2D eigenvalue weighted by molar-refractivity contribution is 6.31. The number of carbonyl (C=O) groups is 2. The summed E-state index contributed by atoms with van der Waals surface area (Å²) in [6, 6.07) is 19.3. The SMILES string of the molecule is N=C(N)C(C=NCCOc1ccc(C2c3[nH]c4ccc(Cl)cc4c3CCN2C(=O)Oc2ccc(Cl)cc2)cc1)C(=O)NN. The van der Waals surface area contributed by atoms with Crippen molar-refractivity contribution in [2.75, 3.05) is 19.7 Å². The Morgan fingerprint density at radius 3 is 2.49 bits per heavy atom. The van der Waals surface area contributed by atoms with Crippen LogP contribution in [0.4, 0.5) is 4.79 Å². The van der Waals surface area contributed by atoms with Crippen LogP contribution >= 0.6 is 23.2 Å². The lowest BCUT2D eigenvalue weighted by atomic mass is 9.92. The molecule has 2 heterocycles. The van der Waals surface area contributed by atoms with E-state index in [2.05, 4.69) is 9.98 Å². The van der Waals surface area contributed by atoms with Gasteiger partial charge in [0.25, 0.3) is 0 Å². The third kappa shape index (κ3) is 6.75. The van der Waals surface area contributed by atoms with E-state index in [1.165, 1.54) is 6.21 Å². The van der Waals surface area contributed by atoms with Crippen LogP contribution in [0.5, 0.6) is 11.5 Å². The Morgan fingerprint density at radius 1 is 1.09 bits per heavy atom. The lowest BCUT2D eigenvalue weighted by Gasteiger charge is -2.35. The highest BCUT2D eigenvalue weighted by atomic mass is 35.5. The van der Waals surface area contributed by atoms with Gasteiger partial charge in [0, 0.05) is 39.4 Å². The normalized spacial score (nSPS) is 15.2. The Labute approximate surface area is 257 Å². The molecule has 2 atom stereocenters. The number of halogens is 2. The van der Waals surface area contributed by atoms with Crippen LogP contribution in [-0.2, 0) is 11.2 Å². The van der Waals surface area contributed by atoms with E-state index < -0.39 is 24.0 Å². The fraction of sp³-hybridized carbons (Fsp3) is 0.200. The second-order valence-corrected chi connectivity index (χ2v) is 10.7. The number of nitrogens with zero attached hydrogens (tertiary/aromatic N) is 2. The second kappa shape index (κ2) is 13.2. The van der Waals surface area contributed by atoms with Gasteiger partial charge >= 0.3 is 6.09 Å². The number of nitrogens with one attached hydrogen (secondary N) is 3. The van der Waals surface area contributed by atoms with E-state index in [0.29, 0.717) is 34.5 Å². The van der Waals surface area contributed by atoms with Gasteiger partial charge in [-0.15, -0.1) is 0 Å². The number of rotatable bonds is 9. The second-order valence-electron chi connectivity index (χ2n) is 9.79. The molecule has 222 valence electrons. The average molecular weight is 623 g/mol. The number of nitrogens with two attached hydrogens (primary N) is 2. The first kappa shape index (κ1) is 29.9. The number of aromatic amines is 1. The van der Waals surface area contributed by atoms with Crippen LogP contribution < -0.4 is 26.5 Å². The van der Waals surface area contributed by atoms with E-state index in [-0.39, 0.29) is 19.0 Å². The molecule has 5 rings (SSSR count). The van der Waals surface area contributed by atoms with Gasteiger partial charge < -0.3 is 20.2 Å². The molecule has 3 aromatic carbocycles. The summed E-state index contributed by atoms with van der Waals surface area (Å²) >= 11 is 12.3. The molecular weight excluding hydrogens is 593 g/mol. The van der Waals surface area contributed by atoms with Gasteiger partial charge in [0.15, 0.2) is 0 Å². The summed E-state index contributed by atoms with van der Waals surface area (Å²) in [5, 5.41) is 9.70. The maximum Gasteiger partial charge on any atom is 0.416 e. The molecule has 4 aromatic rings. The van der Waals surface area contributed by atoms with Crippen LogP contribution in [0.15, 0.2) is 71.7 Å². The summed E-state index contributed by atoms with van der Waals surface area (Å²) in [6.45, 7) is 0.890. The van der Waals surface area contributed by atoms with Crippen LogP contribution in [-0.4, -0.2) is 53.6 Å². The minimum Gasteiger partial charge on any atom is -0.492 e. The number of aliphatic imine (C=N–C) groups is 1. The molecule has 13 heteroatoms. The minimum absolute atomic E-state index is 0.223. The molecule has 0 saturated carbocycles. The van der Waals surface area contributed by atoms with Gasteiger partial charge in [-0.25, -0.2) is 10.6 Å². The molecule has 2 unspecified atom stereocenters. The summed E-state index contributed by atoms with van der Waals surface area (Å²) in [5.41, 5.74) is 11.2. The molecule has 0 spiro atoms. The number of H-pyrrole nitrogens is 1. The monoisotopic (exact) mass is 621 g/mol. The van der Waals surface area contributed by atoms with Gasteiger partial charge in [-0.1, -0.05) is 35.3 Å². The molecule has 2 amide bonds. The number of hydrazine groups is 1. The number of hydrogen-bond acceptors (Lipinski definition) is 7. The van der Waals surface area contributed by atoms with Crippen molar-refractivity contribution < 1.29 is 19.1 Å². The lowest BCUT2D eigenvalue weighted by Crippen LogP contribution is -2.42. The lowest BCUT2D eigenvalue weighted by molar-refractivity contribution is -0.121. The Morgan fingerprint density at radius 2 is 1.79 bits per heavy atom. The largest absolute Gasteiger partial charge is 0.492 e. The van der Waals surface area contributed by atoms with Crippen molar-refractivity contribution in [1.29, 1.82) is 5.41 Å². The smallest absolute Gasteiger partial charge is 0.416 e. The molecule has 1 aliphatic rings. The van der Waals surface area contributed by atoms with Crippen LogP contribution in [0.1, 0.15) is 22.9 Å². The van der Waals surface area contributed by atoms with Gasteiger partial charge in [-0.2, -0.15) is 0 Å². The molecule has 0 saturated heterocycles. The molecule has 0 aliphatic carbocycles. The average Bonchev–Trinajstić information content (AvgIpc) is 3.37. The van der Waals surface area contributed by atoms with E-state index in [9.17, 15) is 9.59 Å². The minimum atomic E-state index is -1.04. The highest BCUT2D eigenvalue weighted by Gasteiger charge is 2.35. The number of hydrogen-bond donors (Lipinski definition) is 5. The van der Waals surface area contributed by atoms with E-state index in [1.807, 2.05) is 47.9 Å². The standard InChI is InChI=1S/C30H29Cl2N7O4/c31-18-3-8-21(9-4-18)43-30(41)39-13-11-22-23-15-19(32)5-10-25(23)37-26(22)27(39)17-1-6-20(7-2-17)42-14-12-36-16-24(28(33)34)29(40)38-35/h1-10,15-16,24,27,37H,11-14,35H2,(H3,33,34)(H,38,40). The Balaban J connectivity index is 1.35. The van der Waals surface area contributed by atoms with E-state index >= 15 is 0 Å². The molecule has 11 nitrogen and oxygen atoms in total. The van der Waals surface area contributed by atoms with Crippen molar-refractivity contribution in [3.8, 4) is 11.5 Å². The highest BCUT2D eigenvalue weighted by Crippen LogP contribution is 2.40. The maximum atomic E-state index is 13.5. The first-order valence-electron chi connectivity index (χ1n) is 13.4. The number of amidine groups is 1. The number of benzene rings is 3. The molecule has 7 N–H and O–H groups in total. The number of fused-ring (bicyclic) bond motifs is 3. The quantitative estimate of drug-likeness (QED) is 0.0456. The van der Waals surface area contributed by atoms with Crippen LogP contribution in [0.25, 0.3) is 10.9 Å². The Hall–Kier alpha value is -4.58. The summed E-state index contributed by atoms with van der Waals surface area (Å²) in [4.78, 5) is 34.5. The van der Waals surface area contributed by atoms with Crippen molar-refractivity contribution in [2.45, 2.75) is 12.5 Å². The van der Waals surface area contributed by atoms with Crippen molar-refractivity contribution in [1.82, 2.24) is 15.3 Å². The van der Waals surface area contributed by atoms with Crippen LogP contribution in [0, 0.1) is 11.3 Å². The fourth-order valence-electron chi connectivity index (χ4n) is 4.99. The topological polar surface area (TPSA) is 172 Å². The van der Waals surface area contributed by atoms with Gasteiger partial charge in [-0.05, 0) is 72.1 Å². The molecule has 0 radical (unpaired) electrons. The van der Waals surface area contributed by atoms with Crippen molar-refractivity contribution in [3.05, 3.63) is 93.6 Å². The van der Waals surface area contributed by atoms with E-state index in [1.54, 1.807) is 29.2 Å². The van der Waals surface area contributed by atoms with Crippen LogP contribution in [0.3, 0.4) is 0 Å². The summed E-state index contributed by atoms with van der Waals surface area (Å²) in [7, 11) is 0. The fourth-order valence-corrected chi connectivity index (χ4v) is 5.29. The van der Waals surface area contributed by atoms with Crippen LogP contribution in [0.2, 0.25) is 10.0 Å². The summed E-state index contributed by atoms with van der Waals surface area (Å²) in [6.07, 6.45) is 1.41. The Kier molecular flexibility index (Phi) is 9.15. The molecule has 1 aromatic heterocycles. The first-order chi connectivity index (χ1) is 20.7. The third-order valence-electron chi connectivity index (χ3n) is 7.04. The zero-order valence-electron chi connectivity index (χ0n) is 22.8. The van der Waals surface area contributed by atoms with Crippen molar-refractivity contribution in [2.24, 2.45) is 22.5 Å². The van der Waals surface area contributed by atoms with Gasteiger partial charge in [0.2, 0.25) is 5.91 Å². The molecule has 43 heavy (non-hydrogen) atoms. The van der Waals surface area contributed by atoms with E-state index in [4.69, 9.17) is 49.7 Å². The number of ether oxygens (including phenoxy) is 2. The third-order valence-corrected chi connectivity index (χ3v) is 7.53. The summed E-state index contributed by atoms with van der Waals surface area (Å²) in [5.74, 6) is 4.08. The predicted molar refractivity (Wildman–Crippen MR) is 166 cm³/mol. The van der Waals surface area contributed by atoms with Gasteiger partial charge in [0.05, 0.1) is 6.54 Å². The molecule has 0 bridgehead atoms. The number of carbonyl (C=O) groups excluding carboxylic acids is 2. The Bertz CT molecular complexity index is 1670. The van der Waals surface area contributed by atoms with Crippen molar-refractivity contribution in [3.63, 3.8) is 0 Å². The zero-order valence-corrected chi connectivity index (χ0v) is 24.4. The van der Waals surface area contributed by atoms with Gasteiger partial charge in [0.1, 0.15) is 35.9 Å². The molecule has 0 fully saturated rings. The molecular formula is C30H29Cl2N7O4. The van der Waals surface area contributed by atoms with Gasteiger partial charge in [-0.3, -0.25) is 25.5 Å². The zero-order chi connectivity index (χ0) is 30.5. The van der Waals surface area contributed by atoms with Crippen molar-refractivity contribution >= 4 is 58.2 Å². The first-order valence-corrected chi connectivity index (χ1v) is 14.1. The number of amides is 2. The molecule has 1 aliphatic heterocycles. The summed E-state index contributed by atoms with van der Waals surface area (Å²) < 4.78 is 11.5. The predicted octanol–water partition coefficient (Wildman–Crippen LogP) is 4.61. The number of aromatic nitrogens is 1. The van der Waals surface area contributed by atoms with E-state index in [0.717, 1.165) is 27.7 Å².